The highest BCUT2D eigenvalue weighted by molar-refractivity contribution is 5.65. The molecule has 2 fully saturated rings. The summed E-state index contributed by atoms with van der Waals surface area (Å²) in [6.07, 6.45) is 6.69. The first-order chi connectivity index (χ1) is 16.2. The molecule has 6 heteroatoms. The summed E-state index contributed by atoms with van der Waals surface area (Å²) in [4.78, 5) is 0. The first kappa shape index (κ1) is 25.0. The Labute approximate surface area is 198 Å². The average molecular weight is 481 g/mol. The zero-order valence-corrected chi connectivity index (χ0v) is 19.6. The standard InChI is InChI=1S/C28H33F5O/c1-2-3-4-18-5-6-20-14-21(8-7-19(20)13-18)22-9-11-24(25(29)15-22)23-10-12-27(26(30)16-23)34-17-28(31,32)33/h9-12,15-16,18-21H,2-8,13-14,17H2,1H3. The molecule has 186 valence electrons. The molecular weight excluding hydrogens is 447 g/mol. The highest BCUT2D eigenvalue weighted by Crippen LogP contribution is 2.48. The Bertz CT molecular complexity index is 970. The molecule has 0 amide bonds. The van der Waals surface area contributed by atoms with Crippen LogP contribution >= 0.6 is 0 Å². The van der Waals surface area contributed by atoms with Crippen molar-refractivity contribution in [2.24, 2.45) is 17.8 Å². The van der Waals surface area contributed by atoms with Crippen LogP contribution in [0, 0.1) is 29.4 Å². The second kappa shape index (κ2) is 10.7. The lowest BCUT2D eigenvalue weighted by Gasteiger charge is -2.42. The van der Waals surface area contributed by atoms with Crippen LogP contribution in [0.5, 0.6) is 5.75 Å². The number of alkyl halides is 3. The number of fused-ring (bicyclic) bond motifs is 1. The van der Waals surface area contributed by atoms with E-state index in [2.05, 4.69) is 11.7 Å². The van der Waals surface area contributed by atoms with Gasteiger partial charge in [0.1, 0.15) is 5.82 Å². The SMILES string of the molecule is CCCCC1CCC2CC(c3ccc(-c4ccc(OCC(F)(F)F)c(F)c4)c(F)c3)CCC2C1. The average Bonchev–Trinajstić information content (AvgIpc) is 2.81. The van der Waals surface area contributed by atoms with E-state index in [9.17, 15) is 17.6 Å². The third-order valence-corrected chi connectivity index (χ3v) is 7.79. The van der Waals surface area contributed by atoms with E-state index in [1.54, 1.807) is 12.1 Å². The Morgan fingerprint density at radius 1 is 0.882 bits per heavy atom. The van der Waals surface area contributed by atoms with Crippen LogP contribution in [0.2, 0.25) is 0 Å². The smallest absolute Gasteiger partial charge is 0.422 e. The van der Waals surface area contributed by atoms with Gasteiger partial charge in [-0.1, -0.05) is 50.8 Å². The fourth-order valence-corrected chi connectivity index (χ4v) is 6.01. The van der Waals surface area contributed by atoms with E-state index in [0.29, 0.717) is 5.92 Å². The molecule has 34 heavy (non-hydrogen) atoms. The van der Waals surface area contributed by atoms with Crippen molar-refractivity contribution in [1.29, 1.82) is 0 Å². The summed E-state index contributed by atoms with van der Waals surface area (Å²) in [6, 6.07) is 8.65. The Morgan fingerprint density at radius 2 is 1.65 bits per heavy atom. The molecule has 2 aliphatic carbocycles. The quantitative estimate of drug-likeness (QED) is 0.359. The Morgan fingerprint density at radius 3 is 2.35 bits per heavy atom. The lowest BCUT2D eigenvalue weighted by atomic mass is 9.63. The minimum absolute atomic E-state index is 0.232. The molecule has 2 aromatic rings. The number of hydrogen-bond donors (Lipinski definition) is 0. The molecule has 0 spiro atoms. The minimum atomic E-state index is -4.55. The van der Waals surface area contributed by atoms with Crippen molar-refractivity contribution in [1.82, 2.24) is 0 Å². The Balaban J connectivity index is 1.41. The van der Waals surface area contributed by atoms with Gasteiger partial charge in [0.15, 0.2) is 18.2 Å². The van der Waals surface area contributed by atoms with Gasteiger partial charge < -0.3 is 4.74 Å². The fourth-order valence-electron chi connectivity index (χ4n) is 6.01. The number of rotatable bonds is 7. The molecule has 0 heterocycles. The first-order valence-corrected chi connectivity index (χ1v) is 12.5. The normalized spacial score (nSPS) is 25.1. The number of halogens is 5. The third-order valence-electron chi connectivity index (χ3n) is 7.79. The van der Waals surface area contributed by atoms with Crippen molar-refractivity contribution in [2.45, 2.75) is 76.8 Å². The molecular formula is C28H33F5O. The summed E-state index contributed by atoms with van der Waals surface area (Å²) in [5, 5.41) is 0. The van der Waals surface area contributed by atoms with Crippen LogP contribution in [-0.4, -0.2) is 12.8 Å². The van der Waals surface area contributed by atoms with Gasteiger partial charge in [-0.3, -0.25) is 0 Å². The predicted octanol–water partition coefficient (Wildman–Crippen LogP) is 9.06. The largest absolute Gasteiger partial charge is 0.481 e. The lowest BCUT2D eigenvalue weighted by molar-refractivity contribution is -0.153. The van der Waals surface area contributed by atoms with E-state index >= 15 is 4.39 Å². The zero-order valence-electron chi connectivity index (χ0n) is 19.6. The molecule has 0 aromatic heterocycles. The summed E-state index contributed by atoms with van der Waals surface area (Å²) < 4.78 is 70.7. The fraction of sp³-hybridized carbons (Fsp3) is 0.571. The molecule has 4 unspecified atom stereocenters. The van der Waals surface area contributed by atoms with Gasteiger partial charge in [-0.15, -0.1) is 0 Å². The van der Waals surface area contributed by atoms with E-state index in [-0.39, 0.29) is 11.1 Å². The Hall–Kier alpha value is -2.11. The number of ether oxygens (including phenoxy) is 1. The molecule has 2 aliphatic rings. The van der Waals surface area contributed by atoms with E-state index in [1.807, 2.05) is 6.07 Å². The van der Waals surface area contributed by atoms with Gasteiger partial charge >= 0.3 is 6.18 Å². The van der Waals surface area contributed by atoms with Crippen molar-refractivity contribution in [2.75, 3.05) is 6.61 Å². The molecule has 4 atom stereocenters. The van der Waals surface area contributed by atoms with Crippen LogP contribution in [0.4, 0.5) is 22.0 Å². The van der Waals surface area contributed by atoms with Crippen molar-refractivity contribution in [3.8, 4) is 16.9 Å². The van der Waals surface area contributed by atoms with Crippen LogP contribution < -0.4 is 4.74 Å². The Kier molecular flexibility index (Phi) is 7.83. The molecule has 4 rings (SSSR count). The summed E-state index contributed by atoms with van der Waals surface area (Å²) in [6.45, 7) is 0.675. The predicted molar refractivity (Wildman–Crippen MR) is 124 cm³/mol. The second-order valence-corrected chi connectivity index (χ2v) is 10.1. The van der Waals surface area contributed by atoms with Gasteiger partial charge in [0.2, 0.25) is 0 Å². The highest BCUT2D eigenvalue weighted by atomic mass is 19.4. The van der Waals surface area contributed by atoms with Gasteiger partial charge in [-0.2, -0.15) is 13.2 Å². The molecule has 2 aromatic carbocycles. The van der Waals surface area contributed by atoms with Crippen LogP contribution in [0.3, 0.4) is 0 Å². The maximum Gasteiger partial charge on any atom is 0.422 e. The highest BCUT2D eigenvalue weighted by Gasteiger charge is 2.36. The first-order valence-electron chi connectivity index (χ1n) is 12.5. The van der Waals surface area contributed by atoms with Crippen LogP contribution in [-0.2, 0) is 0 Å². The zero-order chi connectivity index (χ0) is 24.3. The molecule has 0 aliphatic heterocycles. The van der Waals surface area contributed by atoms with E-state index in [0.717, 1.165) is 48.3 Å². The van der Waals surface area contributed by atoms with Crippen molar-refractivity contribution in [3.05, 3.63) is 53.6 Å². The summed E-state index contributed by atoms with van der Waals surface area (Å²) in [5.74, 6) is 0.852. The molecule has 0 saturated heterocycles. The van der Waals surface area contributed by atoms with Gasteiger partial charge in [0.05, 0.1) is 0 Å². The van der Waals surface area contributed by atoms with E-state index in [4.69, 9.17) is 0 Å². The van der Waals surface area contributed by atoms with Gasteiger partial charge in [0, 0.05) is 5.56 Å². The minimum Gasteiger partial charge on any atom is -0.481 e. The summed E-state index contributed by atoms with van der Waals surface area (Å²) >= 11 is 0. The van der Waals surface area contributed by atoms with Gasteiger partial charge in [0.25, 0.3) is 0 Å². The molecule has 0 radical (unpaired) electrons. The second-order valence-electron chi connectivity index (χ2n) is 10.1. The van der Waals surface area contributed by atoms with Crippen LogP contribution in [0.1, 0.15) is 76.2 Å². The summed E-state index contributed by atoms with van der Waals surface area (Å²) in [5.41, 5.74) is 1.49. The maximum atomic E-state index is 15.0. The van der Waals surface area contributed by atoms with E-state index < -0.39 is 30.2 Å². The number of benzene rings is 2. The van der Waals surface area contributed by atoms with Crippen molar-refractivity contribution >= 4 is 0 Å². The van der Waals surface area contributed by atoms with Gasteiger partial charge in [-0.05, 0) is 85.1 Å². The molecule has 2 saturated carbocycles. The summed E-state index contributed by atoms with van der Waals surface area (Å²) in [7, 11) is 0. The monoisotopic (exact) mass is 480 g/mol. The number of unbranched alkanes of at least 4 members (excludes halogenated alkanes) is 1. The van der Waals surface area contributed by atoms with Gasteiger partial charge in [-0.25, -0.2) is 8.78 Å². The van der Waals surface area contributed by atoms with Crippen LogP contribution in [0.15, 0.2) is 36.4 Å². The third kappa shape index (κ3) is 6.11. The molecule has 0 bridgehead atoms. The number of hydrogen-bond acceptors (Lipinski definition) is 1. The lowest BCUT2D eigenvalue weighted by Crippen LogP contribution is -2.30. The van der Waals surface area contributed by atoms with Crippen molar-refractivity contribution < 1.29 is 26.7 Å². The topological polar surface area (TPSA) is 9.23 Å². The molecule has 0 N–H and O–H groups in total. The molecule has 1 nitrogen and oxygen atoms in total. The van der Waals surface area contributed by atoms with Crippen molar-refractivity contribution in [3.63, 3.8) is 0 Å². The maximum absolute atomic E-state index is 15.0. The van der Waals surface area contributed by atoms with Crippen LogP contribution in [0.25, 0.3) is 11.1 Å². The van der Waals surface area contributed by atoms with E-state index in [1.165, 1.54) is 51.0 Å².